The first-order chi connectivity index (χ1) is 6.63. The fourth-order valence-electron chi connectivity index (χ4n) is 1.03. The lowest BCUT2D eigenvalue weighted by atomic mass is 10.2. The van der Waals surface area contributed by atoms with Crippen molar-refractivity contribution in [3.8, 4) is 0 Å². The highest BCUT2D eigenvalue weighted by atomic mass is 35.5. The maximum Gasteiger partial charge on any atom is 0.307 e. The molecule has 0 spiro atoms. The number of hydrogen-bond acceptors (Lipinski definition) is 4. The van der Waals surface area contributed by atoms with Crippen molar-refractivity contribution in [2.45, 2.75) is 19.4 Å². The Balaban J connectivity index is 0.00000196. The zero-order valence-corrected chi connectivity index (χ0v) is 10.6. The molecule has 0 radical (unpaired) electrons. The van der Waals surface area contributed by atoms with Crippen LogP contribution < -0.4 is 5.73 Å². The molecule has 1 aromatic heterocycles. The molecule has 86 valence electrons. The quantitative estimate of drug-likeness (QED) is 0.856. The third-order valence-electron chi connectivity index (χ3n) is 1.65. The van der Waals surface area contributed by atoms with Gasteiger partial charge in [0.15, 0.2) is 0 Å². The topological polar surface area (TPSA) is 52.3 Å². The first kappa shape index (κ1) is 14.7. The van der Waals surface area contributed by atoms with E-state index in [2.05, 4.69) is 0 Å². The molecule has 0 bridgehead atoms. The Morgan fingerprint density at radius 3 is 2.80 bits per heavy atom. The summed E-state index contributed by atoms with van der Waals surface area (Å²) in [5.41, 5.74) is 5.79. The minimum Gasteiger partial charge on any atom is -0.466 e. The van der Waals surface area contributed by atoms with Crippen LogP contribution in [0.15, 0.2) is 12.1 Å². The molecule has 6 heteroatoms. The molecule has 1 rings (SSSR count). The summed E-state index contributed by atoms with van der Waals surface area (Å²) in [5.74, 6) is -0.274. The van der Waals surface area contributed by atoms with Gasteiger partial charge in [0.25, 0.3) is 0 Å². The number of carbonyl (C=O) groups excluding carboxylic acids is 1. The molecule has 3 nitrogen and oxygen atoms in total. The molecule has 1 heterocycles. The molecule has 0 saturated heterocycles. The van der Waals surface area contributed by atoms with Crippen LogP contribution in [0.25, 0.3) is 0 Å². The van der Waals surface area contributed by atoms with Gasteiger partial charge >= 0.3 is 5.97 Å². The number of rotatable bonds is 4. The van der Waals surface area contributed by atoms with Crippen molar-refractivity contribution in [1.29, 1.82) is 0 Å². The van der Waals surface area contributed by atoms with E-state index in [4.69, 9.17) is 22.1 Å². The molecule has 0 aliphatic carbocycles. The molecule has 0 fully saturated rings. The van der Waals surface area contributed by atoms with Crippen molar-refractivity contribution < 1.29 is 9.53 Å². The van der Waals surface area contributed by atoms with Gasteiger partial charge in [-0.15, -0.1) is 23.7 Å². The maximum atomic E-state index is 11.1. The molecule has 1 atom stereocenters. The van der Waals surface area contributed by atoms with Crippen LogP contribution >= 0.6 is 35.3 Å². The second kappa shape index (κ2) is 7.06. The Morgan fingerprint density at radius 2 is 2.33 bits per heavy atom. The lowest BCUT2D eigenvalue weighted by molar-refractivity contribution is -0.143. The van der Waals surface area contributed by atoms with E-state index < -0.39 is 0 Å². The average Bonchev–Trinajstić information content (AvgIpc) is 2.52. The third kappa shape index (κ3) is 4.84. The Morgan fingerprint density at radius 1 is 1.67 bits per heavy atom. The normalized spacial score (nSPS) is 11.7. The van der Waals surface area contributed by atoms with Gasteiger partial charge in [0.1, 0.15) is 0 Å². The van der Waals surface area contributed by atoms with E-state index in [1.165, 1.54) is 11.3 Å². The average molecular weight is 270 g/mol. The zero-order valence-electron chi connectivity index (χ0n) is 8.23. The van der Waals surface area contributed by atoms with Crippen molar-refractivity contribution in [1.82, 2.24) is 0 Å². The monoisotopic (exact) mass is 269 g/mol. The van der Waals surface area contributed by atoms with Gasteiger partial charge in [-0.05, 0) is 19.1 Å². The maximum absolute atomic E-state index is 11.1. The van der Waals surface area contributed by atoms with Crippen molar-refractivity contribution in [2.75, 3.05) is 6.61 Å². The van der Waals surface area contributed by atoms with Crippen LogP contribution in [0.5, 0.6) is 0 Å². The number of thiophene rings is 1. The van der Waals surface area contributed by atoms with E-state index >= 15 is 0 Å². The Bertz CT molecular complexity index is 317. The fourth-order valence-corrected chi connectivity index (χ4v) is 2.09. The molecule has 0 aliphatic heterocycles. The van der Waals surface area contributed by atoms with Crippen LogP contribution in [0.2, 0.25) is 4.34 Å². The van der Waals surface area contributed by atoms with Crippen molar-refractivity contribution >= 4 is 41.3 Å². The van der Waals surface area contributed by atoms with Crippen LogP contribution in [0.1, 0.15) is 24.3 Å². The SMILES string of the molecule is CCOC(=O)C[C@H](N)c1ccc(Cl)s1.Cl. The second-order valence-electron chi connectivity index (χ2n) is 2.76. The van der Waals surface area contributed by atoms with Gasteiger partial charge in [0.05, 0.1) is 17.4 Å². The second-order valence-corrected chi connectivity index (χ2v) is 4.50. The number of ether oxygens (including phenoxy) is 1. The summed E-state index contributed by atoms with van der Waals surface area (Å²) in [7, 11) is 0. The minimum atomic E-state index is -0.313. The standard InChI is InChI=1S/C9H12ClNO2S.ClH/c1-2-13-9(12)5-6(11)7-3-4-8(10)14-7;/h3-4,6H,2,5,11H2,1H3;1H/t6-;/m0./s1. The molecule has 1 aromatic rings. The predicted molar refractivity (Wildman–Crippen MR) is 64.8 cm³/mol. The highest BCUT2D eigenvalue weighted by molar-refractivity contribution is 7.16. The smallest absolute Gasteiger partial charge is 0.307 e. The Kier molecular flexibility index (Phi) is 6.92. The summed E-state index contributed by atoms with van der Waals surface area (Å²) in [6.45, 7) is 2.15. The summed E-state index contributed by atoms with van der Waals surface area (Å²) >= 11 is 7.14. The number of hydrogen-bond donors (Lipinski definition) is 1. The highest BCUT2D eigenvalue weighted by Crippen LogP contribution is 2.27. The fraction of sp³-hybridized carbons (Fsp3) is 0.444. The van der Waals surface area contributed by atoms with E-state index in [-0.39, 0.29) is 30.8 Å². The molecule has 2 N–H and O–H groups in total. The van der Waals surface area contributed by atoms with Crippen LogP contribution in [-0.4, -0.2) is 12.6 Å². The molecule has 0 unspecified atom stereocenters. The molecular formula is C9H13Cl2NO2S. The molecule has 0 saturated carbocycles. The van der Waals surface area contributed by atoms with Gasteiger partial charge in [-0.2, -0.15) is 0 Å². The largest absolute Gasteiger partial charge is 0.466 e. The van der Waals surface area contributed by atoms with E-state index in [0.29, 0.717) is 10.9 Å². The summed E-state index contributed by atoms with van der Waals surface area (Å²) in [4.78, 5) is 12.0. The third-order valence-corrected chi connectivity index (χ3v) is 3.01. The van der Waals surface area contributed by atoms with Gasteiger partial charge < -0.3 is 10.5 Å². The summed E-state index contributed by atoms with van der Waals surface area (Å²) in [5, 5.41) is 0. The van der Waals surface area contributed by atoms with E-state index in [1.54, 1.807) is 13.0 Å². The van der Waals surface area contributed by atoms with E-state index in [9.17, 15) is 4.79 Å². The van der Waals surface area contributed by atoms with Gasteiger partial charge in [0, 0.05) is 10.9 Å². The molecule has 0 aromatic carbocycles. The first-order valence-electron chi connectivity index (χ1n) is 4.30. The van der Waals surface area contributed by atoms with Crippen LogP contribution in [0.4, 0.5) is 0 Å². The number of halogens is 2. The highest BCUT2D eigenvalue weighted by Gasteiger charge is 2.13. The van der Waals surface area contributed by atoms with Crippen molar-refractivity contribution in [2.24, 2.45) is 5.73 Å². The first-order valence-corrected chi connectivity index (χ1v) is 5.49. The van der Waals surface area contributed by atoms with Gasteiger partial charge in [-0.3, -0.25) is 4.79 Å². The number of carbonyl (C=O) groups is 1. The lowest BCUT2D eigenvalue weighted by Crippen LogP contribution is -2.16. The molecule has 0 aliphatic rings. The summed E-state index contributed by atoms with van der Waals surface area (Å²) < 4.78 is 5.47. The number of esters is 1. The van der Waals surface area contributed by atoms with Crippen LogP contribution in [0.3, 0.4) is 0 Å². The molecular weight excluding hydrogens is 257 g/mol. The van der Waals surface area contributed by atoms with Gasteiger partial charge in [-0.25, -0.2) is 0 Å². The van der Waals surface area contributed by atoms with E-state index in [1.807, 2.05) is 6.07 Å². The lowest BCUT2D eigenvalue weighted by Gasteiger charge is -2.07. The molecule has 15 heavy (non-hydrogen) atoms. The zero-order chi connectivity index (χ0) is 10.6. The summed E-state index contributed by atoms with van der Waals surface area (Å²) in [6, 6.07) is 3.29. The minimum absolute atomic E-state index is 0. The van der Waals surface area contributed by atoms with Gasteiger partial charge in [-0.1, -0.05) is 11.6 Å². The Labute approximate surface area is 104 Å². The van der Waals surface area contributed by atoms with E-state index in [0.717, 1.165) is 4.88 Å². The van der Waals surface area contributed by atoms with Crippen LogP contribution in [0, 0.1) is 0 Å². The predicted octanol–water partition coefficient (Wildman–Crippen LogP) is 2.78. The van der Waals surface area contributed by atoms with Crippen molar-refractivity contribution in [3.63, 3.8) is 0 Å². The number of nitrogens with two attached hydrogens (primary N) is 1. The van der Waals surface area contributed by atoms with Crippen molar-refractivity contribution in [3.05, 3.63) is 21.3 Å². The van der Waals surface area contributed by atoms with Crippen LogP contribution in [-0.2, 0) is 9.53 Å². The Hall–Kier alpha value is -0.290. The van der Waals surface area contributed by atoms with Gasteiger partial charge in [0.2, 0.25) is 0 Å². The molecule has 0 amide bonds. The summed E-state index contributed by atoms with van der Waals surface area (Å²) in [6.07, 6.45) is 0.199.